The van der Waals surface area contributed by atoms with Crippen LogP contribution in [-0.4, -0.2) is 47.6 Å². The second-order valence-electron chi connectivity index (χ2n) is 5.41. The number of rotatable bonds is 4. The lowest BCUT2D eigenvalue weighted by Gasteiger charge is -2.34. The first-order valence-corrected chi connectivity index (χ1v) is 8.43. The van der Waals surface area contributed by atoms with Gasteiger partial charge in [0, 0.05) is 37.4 Å². The van der Waals surface area contributed by atoms with Crippen LogP contribution in [0.25, 0.3) is 0 Å². The lowest BCUT2D eigenvalue weighted by molar-refractivity contribution is 0.270. The van der Waals surface area contributed by atoms with E-state index in [1.807, 2.05) is 6.07 Å². The molecule has 0 spiro atoms. The largest absolute Gasteiger partial charge is 0.339 e. The standard InChI is InChI=1S/C16H19Cl2N5/c1-2-22-7-9-23(10-8-22)16-19-6-5-15(21-16)20-14-11-12(17)3-4-13(14)18/h3-6,11H,2,7-10H2,1H3,(H,19,20,21). The number of halogens is 2. The van der Waals surface area contributed by atoms with E-state index in [0.29, 0.717) is 15.9 Å². The minimum absolute atomic E-state index is 0.603. The second kappa shape index (κ2) is 7.34. The number of likely N-dealkylation sites (N-methyl/N-ethyl adjacent to an activating group) is 1. The average molecular weight is 352 g/mol. The second-order valence-corrected chi connectivity index (χ2v) is 6.26. The van der Waals surface area contributed by atoms with E-state index in [2.05, 4.69) is 32.0 Å². The van der Waals surface area contributed by atoms with Gasteiger partial charge in [-0.2, -0.15) is 4.98 Å². The van der Waals surface area contributed by atoms with Crippen molar-refractivity contribution in [2.24, 2.45) is 0 Å². The number of anilines is 3. The molecule has 2 aromatic rings. The molecule has 1 aromatic carbocycles. The average Bonchev–Trinajstić information content (AvgIpc) is 2.58. The van der Waals surface area contributed by atoms with Gasteiger partial charge in [0.1, 0.15) is 5.82 Å². The van der Waals surface area contributed by atoms with Crippen molar-refractivity contribution in [3.63, 3.8) is 0 Å². The molecule has 0 atom stereocenters. The summed E-state index contributed by atoms with van der Waals surface area (Å²) in [5, 5.41) is 4.44. The first-order valence-electron chi connectivity index (χ1n) is 7.68. The van der Waals surface area contributed by atoms with Crippen molar-refractivity contribution in [2.75, 3.05) is 42.9 Å². The monoisotopic (exact) mass is 351 g/mol. The molecule has 3 rings (SSSR count). The number of hydrogen-bond acceptors (Lipinski definition) is 5. The third kappa shape index (κ3) is 4.05. The van der Waals surface area contributed by atoms with E-state index in [4.69, 9.17) is 23.2 Å². The fourth-order valence-corrected chi connectivity index (χ4v) is 2.90. The molecule has 1 N–H and O–H groups in total. The molecule has 23 heavy (non-hydrogen) atoms. The van der Waals surface area contributed by atoms with Gasteiger partial charge in [0.2, 0.25) is 5.95 Å². The van der Waals surface area contributed by atoms with E-state index >= 15 is 0 Å². The Morgan fingerprint density at radius 3 is 2.65 bits per heavy atom. The molecule has 0 amide bonds. The van der Waals surface area contributed by atoms with Gasteiger partial charge in [-0.25, -0.2) is 4.98 Å². The minimum Gasteiger partial charge on any atom is -0.339 e. The van der Waals surface area contributed by atoms with E-state index in [1.54, 1.807) is 24.4 Å². The molecule has 7 heteroatoms. The molecule has 1 saturated heterocycles. The molecular formula is C16H19Cl2N5. The summed E-state index contributed by atoms with van der Waals surface area (Å²) in [6, 6.07) is 7.13. The Labute approximate surface area is 146 Å². The highest BCUT2D eigenvalue weighted by molar-refractivity contribution is 6.35. The van der Waals surface area contributed by atoms with Crippen molar-refractivity contribution >= 4 is 40.7 Å². The van der Waals surface area contributed by atoms with Gasteiger partial charge in [0.05, 0.1) is 10.7 Å². The molecule has 5 nitrogen and oxygen atoms in total. The molecule has 1 aliphatic heterocycles. The molecule has 2 heterocycles. The van der Waals surface area contributed by atoms with Gasteiger partial charge >= 0.3 is 0 Å². The van der Waals surface area contributed by atoms with Gasteiger partial charge in [0.15, 0.2) is 0 Å². The SMILES string of the molecule is CCN1CCN(c2nccc(Nc3cc(Cl)ccc3Cl)n2)CC1. The van der Waals surface area contributed by atoms with Crippen LogP contribution in [0.15, 0.2) is 30.5 Å². The fourth-order valence-electron chi connectivity index (χ4n) is 2.57. The van der Waals surface area contributed by atoms with E-state index in [9.17, 15) is 0 Å². The summed E-state index contributed by atoms with van der Waals surface area (Å²) in [4.78, 5) is 13.6. The summed E-state index contributed by atoms with van der Waals surface area (Å²) < 4.78 is 0. The maximum Gasteiger partial charge on any atom is 0.227 e. The van der Waals surface area contributed by atoms with Crippen LogP contribution >= 0.6 is 23.2 Å². The number of hydrogen-bond donors (Lipinski definition) is 1. The zero-order valence-corrected chi connectivity index (χ0v) is 14.5. The normalized spacial score (nSPS) is 15.7. The zero-order valence-electron chi connectivity index (χ0n) is 13.0. The maximum atomic E-state index is 6.19. The third-order valence-electron chi connectivity index (χ3n) is 3.94. The Kier molecular flexibility index (Phi) is 5.20. The van der Waals surface area contributed by atoms with E-state index in [-0.39, 0.29) is 0 Å². The first kappa shape index (κ1) is 16.3. The molecule has 0 unspecified atom stereocenters. The van der Waals surface area contributed by atoms with Gasteiger partial charge in [-0.05, 0) is 30.8 Å². The summed E-state index contributed by atoms with van der Waals surface area (Å²) in [5.74, 6) is 1.45. The Hall–Kier alpha value is -1.56. The summed E-state index contributed by atoms with van der Waals surface area (Å²) in [7, 11) is 0. The van der Waals surface area contributed by atoms with Crippen LogP contribution in [0.2, 0.25) is 10.0 Å². The smallest absolute Gasteiger partial charge is 0.227 e. The minimum atomic E-state index is 0.603. The molecular weight excluding hydrogens is 333 g/mol. The van der Waals surface area contributed by atoms with Crippen molar-refractivity contribution in [2.45, 2.75) is 6.92 Å². The number of nitrogens with zero attached hydrogens (tertiary/aromatic N) is 4. The molecule has 0 saturated carbocycles. The van der Waals surface area contributed by atoms with Gasteiger partial charge in [-0.1, -0.05) is 30.1 Å². The van der Waals surface area contributed by atoms with Crippen LogP contribution < -0.4 is 10.2 Å². The zero-order chi connectivity index (χ0) is 16.2. The summed E-state index contributed by atoms with van der Waals surface area (Å²) in [5.41, 5.74) is 0.736. The van der Waals surface area contributed by atoms with Crippen LogP contribution in [0.5, 0.6) is 0 Å². The molecule has 1 aromatic heterocycles. The topological polar surface area (TPSA) is 44.3 Å². The Balaban J connectivity index is 1.74. The first-order chi connectivity index (χ1) is 11.2. The predicted molar refractivity (Wildman–Crippen MR) is 96.1 cm³/mol. The number of nitrogens with one attached hydrogen (secondary N) is 1. The molecule has 122 valence electrons. The lowest BCUT2D eigenvalue weighted by atomic mass is 10.3. The van der Waals surface area contributed by atoms with Gasteiger partial charge in [-0.15, -0.1) is 0 Å². The Bertz CT molecular complexity index is 671. The van der Waals surface area contributed by atoms with Crippen molar-refractivity contribution in [3.8, 4) is 0 Å². The number of piperazine rings is 1. The van der Waals surface area contributed by atoms with Crippen LogP contribution in [0.1, 0.15) is 6.92 Å². The maximum absolute atomic E-state index is 6.19. The highest BCUT2D eigenvalue weighted by Gasteiger charge is 2.18. The molecule has 1 fully saturated rings. The van der Waals surface area contributed by atoms with Crippen LogP contribution in [0, 0.1) is 0 Å². The summed E-state index contributed by atoms with van der Waals surface area (Å²) in [6.45, 7) is 7.23. The van der Waals surface area contributed by atoms with Crippen molar-refractivity contribution in [1.82, 2.24) is 14.9 Å². The Morgan fingerprint density at radius 2 is 1.91 bits per heavy atom. The van der Waals surface area contributed by atoms with Gasteiger partial charge in [0.25, 0.3) is 0 Å². The Morgan fingerprint density at radius 1 is 1.13 bits per heavy atom. The molecule has 1 aliphatic rings. The highest BCUT2D eigenvalue weighted by atomic mass is 35.5. The third-order valence-corrected chi connectivity index (χ3v) is 4.50. The quantitative estimate of drug-likeness (QED) is 0.910. The number of aromatic nitrogens is 2. The van der Waals surface area contributed by atoms with Crippen molar-refractivity contribution in [3.05, 3.63) is 40.5 Å². The fraction of sp³-hybridized carbons (Fsp3) is 0.375. The molecule has 0 aliphatic carbocycles. The van der Waals surface area contributed by atoms with E-state index in [1.165, 1.54) is 0 Å². The lowest BCUT2D eigenvalue weighted by Crippen LogP contribution is -2.46. The highest BCUT2D eigenvalue weighted by Crippen LogP contribution is 2.28. The van der Waals surface area contributed by atoms with E-state index < -0.39 is 0 Å². The van der Waals surface area contributed by atoms with Crippen LogP contribution in [0.3, 0.4) is 0 Å². The molecule has 0 radical (unpaired) electrons. The van der Waals surface area contributed by atoms with Crippen LogP contribution in [0.4, 0.5) is 17.5 Å². The van der Waals surface area contributed by atoms with E-state index in [0.717, 1.165) is 44.4 Å². The molecule has 0 bridgehead atoms. The van der Waals surface area contributed by atoms with Gasteiger partial charge < -0.3 is 15.1 Å². The van der Waals surface area contributed by atoms with Crippen LogP contribution in [-0.2, 0) is 0 Å². The summed E-state index contributed by atoms with van der Waals surface area (Å²) in [6.07, 6.45) is 1.76. The van der Waals surface area contributed by atoms with Gasteiger partial charge in [-0.3, -0.25) is 0 Å². The summed E-state index contributed by atoms with van der Waals surface area (Å²) >= 11 is 12.2. The number of benzene rings is 1. The predicted octanol–water partition coefficient (Wildman–Crippen LogP) is 3.67. The van der Waals surface area contributed by atoms with Crippen molar-refractivity contribution < 1.29 is 0 Å². The van der Waals surface area contributed by atoms with Crippen molar-refractivity contribution in [1.29, 1.82) is 0 Å².